The van der Waals surface area contributed by atoms with E-state index < -0.39 is 0 Å². The van der Waals surface area contributed by atoms with E-state index in [1.54, 1.807) is 6.07 Å². The van der Waals surface area contributed by atoms with Crippen molar-refractivity contribution in [2.75, 3.05) is 13.1 Å². The number of hydrogen-bond donors (Lipinski definition) is 2. The number of aliphatic hydroxyl groups excluding tert-OH is 1. The molecule has 0 aliphatic heterocycles. The molecule has 0 radical (unpaired) electrons. The van der Waals surface area contributed by atoms with E-state index in [4.69, 9.17) is 0 Å². The van der Waals surface area contributed by atoms with Crippen LogP contribution in [0.3, 0.4) is 0 Å². The number of phenolic OH excluding ortho intramolecular Hbond substituents is 1. The second kappa shape index (κ2) is 11.9. The maximum Gasteiger partial charge on any atom is 0.120 e. The van der Waals surface area contributed by atoms with Gasteiger partial charge < -0.3 is 10.2 Å². The molecule has 2 N–H and O–H groups in total. The summed E-state index contributed by atoms with van der Waals surface area (Å²) in [6.07, 6.45) is 4.57. The number of benzene rings is 3. The molecule has 174 valence electrons. The van der Waals surface area contributed by atoms with Gasteiger partial charge in [0, 0.05) is 33.2 Å². The molecular weight excluding hydrogens is 542 g/mol. The van der Waals surface area contributed by atoms with Crippen molar-refractivity contribution in [2.24, 2.45) is 0 Å². The molecule has 5 heteroatoms. The molecule has 0 saturated heterocycles. The molecule has 3 aromatic carbocycles. The Morgan fingerprint density at radius 1 is 0.970 bits per heavy atom. The SMILES string of the molecule is C=C(O)/C(CN(CCCCCC)Cc1c(O)ccc2cc(Br)ccc12)=c1/ccc(Br)cc1=C. The first kappa shape index (κ1) is 25.5. The maximum absolute atomic E-state index is 10.7. The molecule has 0 amide bonds. The quantitative estimate of drug-likeness (QED) is 0.208. The molecule has 0 fully saturated rings. The lowest BCUT2D eigenvalue weighted by atomic mass is 10.0. The van der Waals surface area contributed by atoms with E-state index in [-0.39, 0.29) is 11.5 Å². The highest BCUT2D eigenvalue weighted by atomic mass is 79.9. The largest absolute Gasteiger partial charge is 0.508 e. The van der Waals surface area contributed by atoms with Gasteiger partial charge in [-0.2, -0.15) is 0 Å². The summed E-state index contributed by atoms with van der Waals surface area (Å²) in [4.78, 5) is 2.28. The fourth-order valence-electron chi connectivity index (χ4n) is 4.13. The summed E-state index contributed by atoms with van der Waals surface area (Å²) in [5.74, 6) is 0.334. The summed E-state index contributed by atoms with van der Waals surface area (Å²) >= 11 is 7.03. The molecule has 0 aromatic heterocycles. The van der Waals surface area contributed by atoms with Gasteiger partial charge in [-0.3, -0.25) is 4.90 Å². The lowest BCUT2D eigenvalue weighted by Gasteiger charge is -2.25. The smallest absolute Gasteiger partial charge is 0.120 e. The lowest BCUT2D eigenvalue weighted by Crippen LogP contribution is -2.33. The predicted octanol–water partition coefficient (Wildman–Crippen LogP) is 6.79. The fourth-order valence-corrected chi connectivity index (χ4v) is 4.92. The van der Waals surface area contributed by atoms with Crippen LogP contribution >= 0.6 is 31.9 Å². The Bertz CT molecular complexity index is 1250. The Balaban J connectivity index is 2.02. The molecule has 0 unspecified atom stereocenters. The summed E-state index contributed by atoms with van der Waals surface area (Å²) in [5.41, 5.74) is 1.65. The molecule has 0 heterocycles. The van der Waals surface area contributed by atoms with Gasteiger partial charge in [-0.1, -0.05) is 89.4 Å². The van der Waals surface area contributed by atoms with Crippen LogP contribution in [0.25, 0.3) is 22.9 Å². The third-order valence-electron chi connectivity index (χ3n) is 5.90. The van der Waals surface area contributed by atoms with Crippen molar-refractivity contribution in [3.05, 3.63) is 85.8 Å². The van der Waals surface area contributed by atoms with Crippen LogP contribution in [0, 0.1) is 0 Å². The van der Waals surface area contributed by atoms with Gasteiger partial charge in [-0.15, -0.1) is 0 Å². The second-order valence-electron chi connectivity index (χ2n) is 8.43. The van der Waals surface area contributed by atoms with E-state index in [1.807, 2.05) is 36.4 Å². The van der Waals surface area contributed by atoms with Crippen molar-refractivity contribution in [3.8, 4) is 5.75 Å². The Morgan fingerprint density at radius 2 is 1.70 bits per heavy atom. The van der Waals surface area contributed by atoms with Gasteiger partial charge in [0.05, 0.1) is 0 Å². The van der Waals surface area contributed by atoms with Crippen LogP contribution in [-0.2, 0) is 6.54 Å². The minimum atomic E-state index is 0.0480. The van der Waals surface area contributed by atoms with Gasteiger partial charge in [0.25, 0.3) is 0 Å². The number of hydrogen-bond acceptors (Lipinski definition) is 3. The molecule has 0 bridgehead atoms. The van der Waals surface area contributed by atoms with E-state index in [9.17, 15) is 10.2 Å². The highest BCUT2D eigenvalue weighted by Crippen LogP contribution is 2.31. The minimum absolute atomic E-state index is 0.0480. The number of fused-ring (bicyclic) bond motifs is 1. The average Bonchev–Trinajstić information content (AvgIpc) is 2.76. The van der Waals surface area contributed by atoms with Crippen molar-refractivity contribution in [1.29, 1.82) is 0 Å². The standard InChI is InChI=1S/C28H31Br2NO2/c1-4-5-6-7-14-31(17-26(20(3)32)24-11-9-22(29)15-19(24)2)18-27-25-12-10-23(30)16-21(25)8-13-28(27)33/h8-13,15-16,32-33H,2-7,14,17-18H2,1H3/b26-24-. The zero-order valence-corrected chi connectivity index (χ0v) is 22.3. The monoisotopic (exact) mass is 571 g/mol. The Hall–Kier alpha value is -2.08. The zero-order chi connectivity index (χ0) is 24.0. The molecule has 33 heavy (non-hydrogen) atoms. The van der Waals surface area contributed by atoms with E-state index >= 15 is 0 Å². The Kier molecular flexibility index (Phi) is 9.19. The Morgan fingerprint density at radius 3 is 2.39 bits per heavy atom. The molecule has 3 aromatic rings. The maximum atomic E-state index is 10.7. The molecule has 0 aliphatic carbocycles. The van der Waals surface area contributed by atoms with Crippen molar-refractivity contribution < 1.29 is 10.2 Å². The highest BCUT2D eigenvalue weighted by molar-refractivity contribution is 9.10. The number of phenols is 1. The van der Waals surface area contributed by atoms with Gasteiger partial charge in [-0.05, 0) is 64.5 Å². The van der Waals surface area contributed by atoms with Crippen LogP contribution in [0.4, 0.5) is 0 Å². The summed E-state index contributed by atoms with van der Waals surface area (Å²) < 4.78 is 1.95. The molecule has 3 rings (SSSR count). The van der Waals surface area contributed by atoms with Crippen molar-refractivity contribution >= 4 is 54.8 Å². The number of halogens is 2. The van der Waals surface area contributed by atoms with Crippen LogP contribution in [0.15, 0.2) is 69.8 Å². The van der Waals surface area contributed by atoms with Gasteiger partial charge >= 0.3 is 0 Å². The summed E-state index contributed by atoms with van der Waals surface area (Å²) in [7, 11) is 0. The highest BCUT2D eigenvalue weighted by Gasteiger charge is 2.16. The van der Waals surface area contributed by atoms with E-state index in [0.717, 1.165) is 60.7 Å². The first-order chi connectivity index (χ1) is 15.8. The summed E-state index contributed by atoms with van der Waals surface area (Å²) in [6.45, 7) is 12.1. The van der Waals surface area contributed by atoms with Crippen LogP contribution in [0.1, 0.15) is 38.2 Å². The third-order valence-corrected chi connectivity index (χ3v) is 6.89. The average molecular weight is 573 g/mol. The lowest BCUT2D eigenvalue weighted by molar-refractivity contribution is 0.282. The number of aromatic hydroxyl groups is 1. The number of nitrogens with zero attached hydrogens (tertiary/aromatic N) is 1. The fraction of sp³-hybridized carbons (Fsp3) is 0.286. The molecule has 3 nitrogen and oxygen atoms in total. The van der Waals surface area contributed by atoms with Crippen molar-refractivity contribution in [2.45, 2.75) is 39.2 Å². The van der Waals surface area contributed by atoms with Gasteiger partial charge in [0.15, 0.2) is 0 Å². The number of aliphatic hydroxyl groups is 1. The number of rotatable bonds is 10. The van der Waals surface area contributed by atoms with E-state index in [0.29, 0.717) is 13.1 Å². The number of unbranched alkanes of at least 4 members (excludes halogenated alkanes) is 3. The predicted molar refractivity (Wildman–Crippen MR) is 147 cm³/mol. The van der Waals surface area contributed by atoms with Crippen molar-refractivity contribution in [1.82, 2.24) is 4.90 Å². The van der Waals surface area contributed by atoms with Crippen LogP contribution in [-0.4, -0.2) is 28.2 Å². The minimum Gasteiger partial charge on any atom is -0.508 e. The molecular formula is C28H31Br2NO2. The van der Waals surface area contributed by atoms with Crippen molar-refractivity contribution in [3.63, 3.8) is 0 Å². The Labute approximate surface area is 213 Å². The molecule has 0 saturated carbocycles. The van der Waals surface area contributed by atoms with E-state index in [1.165, 1.54) is 12.8 Å². The van der Waals surface area contributed by atoms with Gasteiger partial charge in [-0.25, -0.2) is 0 Å². The second-order valence-corrected chi connectivity index (χ2v) is 10.3. The first-order valence-corrected chi connectivity index (χ1v) is 12.9. The van der Waals surface area contributed by atoms with E-state index in [2.05, 4.69) is 62.9 Å². The summed E-state index contributed by atoms with van der Waals surface area (Å²) in [6, 6.07) is 15.7. The first-order valence-electron chi connectivity index (χ1n) is 11.3. The van der Waals surface area contributed by atoms with Crippen LogP contribution in [0.5, 0.6) is 5.75 Å². The molecule has 0 atom stereocenters. The summed E-state index contributed by atoms with van der Waals surface area (Å²) in [5, 5.41) is 25.1. The van der Waals surface area contributed by atoms with Gasteiger partial charge in [0.1, 0.15) is 11.5 Å². The molecule has 0 aliphatic rings. The van der Waals surface area contributed by atoms with Crippen LogP contribution < -0.4 is 10.4 Å². The van der Waals surface area contributed by atoms with Gasteiger partial charge in [0.2, 0.25) is 0 Å². The molecule has 0 spiro atoms. The topological polar surface area (TPSA) is 43.7 Å². The normalized spacial score (nSPS) is 12.4. The van der Waals surface area contributed by atoms with Crippen LogP contribution in [0.2, 0.25) is 0 Å². The zero-order valence-electron chi connectivity index (χ0n) is 19.1. The third kappa shape index (κ3) is 6.72.